The number of allylic oxidation sites excluding steroid dienone is 4. The Labute approximate surface area is 104 Å². The molecular formula is C14H12N2O2. The maximum Gasteiger partial charge on any atom is 0.173 e. The first-order valence-corrected chi connectivity index (χ1v) is 5.72. The first kappa shape index (κ1) is 10.8. The molecule has 2 aliphatic carbocycles. The molecule has 0 saturated heterocycles. The minimum absolute atomic E-state index is 0.125. The Kier molecular flexibility index (Phi) is 2.13. The molecule has 2 aliphatic rings. The topological polar surface area (TPSA) is 86.2 Å². The van der Waals surface area contributed by atoms with Crippen molar-refractivity contribution < 1.29 is 9.59 Å². The zero-order valence-corrected chi connectivity index (χ0v) is 9.59. The molecule has 0 bridgehead atoms. The number of ketones is 2. The Hall–Kier alpha value is -2.36. The second-order valence-electron chi connectivity index (χ2n) is 4.55. The summed E-state index contributed by atoms with van der Waals surface area (Å²) in [7, 11) is 0. The molecule has 0 aromatic heterocycles. The summed E-state index contributed by atoms with van der Waals surface area (Å²) in [5.41, 5.74) is 13.2. The van der Waals surface area contributed by atoms with Gasteiger partial charge in [0, 0.05) is 16.9 Å². The van der Waals surface area contributed by atoms with Gasteiger partial charge in [0.15, 0.2) is 11.6 Å². The van der Waals surface area contributed by atoms with Gasteiger partial charge in [-0.05, 0) is 12.1 Å². The van der Waals surface area contributed by atoms with Gasteiger partial charge in [-0.1, -0.05) is 24.3 Å². The standard InChI is InChI=1S/C14H12N2O2/c15-9-5-1-3-7-11(9)14(18)8-4-2-6-10(16)12(8)13(7)17/h1-7,11H,15-16H2. The molecule has 2 unspecified atom stereocenters. The van der Waals surface area contributed by atoms with Gasteiger partial charge < -0.3 is 11.5 Å². The van der Waals surface area contributed by atoms with Gasteiger partial charge in [0.1, 0.15) is 0 Å². The van der Waals surface area contributed by atoms with Crippen molar-refractivity contribution in [3.05, 3.63) is 53.3 Å². The van der Waals surface area contributed by atoms with Crippen LogP contribution in [0.15, 0.2) is 42.1 Å². The Morgan fingerprint density at radius 1 is 1.06 bits per heavy atom. The molecule has 4 N–H and O–H groups in total. The van der Waals surface area contributed by atoms with Crippen molar-refractivity contribution >= 4 is 17.3 Å². The second kappa shape index (κ2) is 3.57. The van der Waals surface area contributed by atoms with Crippen LogP contribution < -0.4 is 11.5 Å². The highest BCUT2D eigenvalue weighted by Crippen LogP contribution is 2.37. The van der Waals surface area contributed by atoms with Crippen molar-refractivity contribution in [1.29, 1.82) is 0 Å². The van der Waals surface area contributed by atoms with Crippen LogP contribution in [-0.2, 0) is 0 Å². The maximum absolute atomic E-state index is 12.4. The summed E-state index contributed by atoms with van der Waals surface area (Å²) < 4.78 is 0. The van der Waals surface area contributed by atoms with E-state index in [1.165, 1.54) is 0 Å². The number of carbonyl (C=O) groups excluding carboxylic acids is 2. The summed E-state index contributed by atoms with van der Waals surface area (Å²) in [6.07, 6.45) is 5.10. The van der Waals surface area contributed by atoms with Gasteiger partial charge in [-0.25, -0.2) is 0 Å². The van der Waals surface area contributed by atoms with E-state index in [2.05, 4.69) is 0 Å². The quantitative estimate of drug-likeness (QED) is 0.669. The van der Waals surface area contributed by atoms with Crippen molar-refractivity contribution in [2.24, 2.45) is 17.6 Å². The number of hydrogen-bond acceptors (Lipinski definition) is 4. The van der Waals surface area contributed by atoms with E-state index in [0.29, 0.717) is 22.5 Å². The smallest absolute Gasteiger partial charge is 0.173 e. The molecule has 0 fully saturated rings. The number of nitrogen functional groups attached to an aromatic ring is 1. The summed E-state index contributed by atoms with van der Waals surface area (Å²) in [5, 5.41) is 0. The summed E-state index contributed by atoms with van der Waals surface area (Å²) in [6, 6.07) is 4.95. The minimum atomic E-state index is -0.572. The van der Waals surface area contributed by atoms with E-state index in [1.54, 1.807) is 36.4 Å². The number of nitrogens with two attached hydrogens (primary N) is 2. The van der Waals surface area contributed by atoms with Crippen molar-refractivity contribution in [2.45, 2.75) is 0 Å². The highest BCUT2D eigenvalue weighted by atomic mass is 16.1. The molecule has 0 aliphatic heterocycles. The van der Waals surface area contributed by atoms with E-state index in [4.69, 9.17) is 11.5 Å². The third-order valence-electron chi connectivity index (χ3n) is 3.52. The summed E-state index contributed by atoms with van der Waals surface area (Å²) in [4.78, 5) is 24.8. The lowest BCUT2D eigenvalue weighted by Crippen LogP contribution is -2.40. The summed E-state index contributed by atoms with van der Waals surface area (Å²) in [6.45, 7) is 0. The lowest BCUT2D eigenvalue weighted by Gasteiger charge is -2.31. The van der Waals surface area contributed by atoms with Crippen LogP contribution in [-0.4, -0.2) is 11.6 Å². The third kappa shape index (κ3) is 1.26. The number of anilines is 1. The van der Waals surface area contributed by atoms with Gasteiger partial charge in [-0.15, -0.1) is 0 Å². The average molecular weight is 240 g/mol. The average Bonchev–Trinajstić information content (AvgIpc) is 2.35. The number of carbonyl (C=O) groups is 2. The summed E-state index contributed by atoms with van der Waals surface area (Å²) >= 11 is 0. The Morgan fingerprint density at radius 2 is 1.83 bits per heavy atom. The molecule has 0 spiro atoms. The Balaban J connectivity index is 2.25. The number of fused-ring (bicyclic) bond motifs is 2. The van der Waals surface area contributed by atoms with Gasteiger partial charge in [0.05, 0.1) is 17.4 Å². The van der Waals surface area contributed by atoms with Gasteiger partial charge >= 0.3 is 0 Å². The minimum Gasteiger partial charge on any atom is -0.401 e. The van der Waals surface area contributed by atoms with Crippen molar-refractivity contribution in [2.75, 3.05) is 5.73 Å². The zero-order chi connectivity index (χ0) is 12.9. The molecule has 1 aromatic rings. The fourth-order valence-electron chi connectivity index (χ4n) is 2.65. The number of benzene rings is 1. The molecule has 2 atom stereocenters. The zero-order valence-electron chi connectivity index (χ0n) is 9.59. The van der Waals surface area contributed by atoms with Gasteiger partial charge in [0.2, 0.25) is 0 Å². The van der Waals surface area contributed by atoms with Crippen LogP contribution in [0.4, 0.5) is 5.69 Å². The molecule has 0 saturated carbocycles. The fourth-order valence-corrected chi connectivity index (χ4v) is 2.65. The molecule has 18 heavy (non-hydrogen) atoms. The Bertz CT molecular complexity index is 629. The number of hydrogen-bond donors (Lipinski definition) is 2. The molecule has 4 nitrogen and oxygen atoms in total. The first-order valence-electron chi connectivity index (χ1n) is 5.72. The lowest BCUT2D eigenvalue weighted by molar-refractivity contribution is 0.0793. The third-order valence-corrected chi connectivity index (χ3v) is 3.52. The van der Waals surface area contributed by atoms with E-state index in [9.17, 15) is 9.59 Å². The SMILES string of the molecule is NC1=CC=CC2C(=O)c3c(N)cccc3C(=O)C12. The van der Waals surface area contributed by atoms with Gasteiger partial charge in [-0.2, -0.15) is 0 Å². The van der Waals surface area contributed by atoms with Gasteiger partial charge in [0.25, 0.3) is 0 Å². The molecule has 3 rings (SSSR count). The van der Waals surface area contributed by atoms with Crippen LogP contribution in [0, 0.1) is 11.8 Å². The molecule has 4 heteroatoms. The number of Topliss-reactive ketones (excluding diaryl/α,β-unsaturated/α-hetero) is 2. The van der Waals surface area contributed by atoms with E-state index < -0.39 is 11.8 Å². The Morgan fingerprint density at radius 3 is 2.61 bits per heavy atom. The second-order valence-corrected chi connectivity index (χ2v) is 4.55. The van der Waals surface area contributed by atoms with Crippen LogP contribution >= 0.6 is 0 Å². The van der Waals surface area contributed by atoms with E-state index in [-0.39, 0.29) is 11.6 Å². The maximum atomic E-state index is 12.4. The first-order chi connectivity index (χ1) is 8.61. The van der Waals surface area contributed by atoms with Crippen LogP contribution in [0.3, 0.4) is 0 Å². The van der Waals surface area contributed by atoms with Crippen molar-refractivity contribution in [3.8, 4) is 0 Å². The highest BCUT2D eigenvalue weighted by molar-refractivity contribution is 6.20. The van der Waals surface area contributed by atoms with Crippen LogP contribution in [0.2, 0.25) is 0 Å². The van der Waals surface area contributed by atoms with E-state index in [1.807, 2.05) is 0 Å². The van der Waals surface area contributed by atoms with Crippen LogP contribution in [0.5, 0.6) is 0 Å². The van der Waals surface area contributed by atoms with E-state index in [0.717, 1.165) is 0 Å². The highest BCUT2D eigenvalue weighted by Gasteiger charge is 2.42. The molecule has 90 valence electrons. The molecule has 0 heterocycles. The number of rotatable bonds is 0. The van der Waals surface area contributed by atoms with Crippen LogP contribution in [0.25, 0.3) is 0 Å². The summed E-state index contributed by atoms with van der Waals surface area (Å²) in [5.74, 6) is -1.34. The lowest BCUT2D eigenvalue weighted by atomic mass is 9.70. The van der Waals surface area contributed by atoms with Crippen molar-refractivity contribution in [1.82, 2.24) is 0 Å². The normalized spacial score (nSPS) is 25.4. The van der Waals surface area contributed by atoms with Crippen molar-refractivity contribution in [3.63, 3.8) is 0 Å². The van der Waals surface area contributed by atoms with E-state index >= 15 is 0 Å². The molecule has 1 aromatic carbocycles. The monoisotopic (exact) mass is 240 g/mol. The largest absolute Gasteiger partial charge is 0.401 e. The molecule has 0 radical (unpaired) electrons. The molecule has 0 amide bonds. The van der Waals surface area contributed by atoms with Gasteiger partial charge in [-0.3, -0.25) is 9.59 Å². The van der Waals surface area contributed by atoms with Crippen LogP contribution in [0.1, 0.15) is 20.7 Å². The predicted octanol–water partition coefficient (Wildman–Crippen LogP) is 1.29. The predicted molar refractivity (Wildman–Crippen MR) is 67.9 cm³/mol. The fraction of sp³-hybridized carbons (Fsp3) is 0.143. The molecular weight excluding hydrogens is 228 g/mol.